The number of ether oxygens (including phenoxy) is 1. The largest absolute Gasteiger partial charge is 0.487 e. The Labute approximate surface area is 208 Å². The molecule has 1 amide bonds. The van der Waals surface area contributed by atoms with Gasteiger partial charge in [-0.2, -0.15) is 5.10 Å². The highest BCUT2D eigenvalue weighted by atomic mass is 79.9. The van der Waals surface area contributed by atoms with Crippen molar-refractivity contribution in [1.29, 1.82) is 0 Å². The quantitative estimate of drug-likeness (QED) is 0.271. The molecule has 0 radical (unpaired) electrons. The molecule has 0 saturated heterocycles. The summed E-state index contributed by atoms with van der Waals surface area (Å²) in [7, 11) is 0. The third kappa shape index (κ3) is 6.13. The second kappa shape index (κ2) is 10.4. The van der Waals surface area contributed by atoms with Gasteiger partial charge in [-0.05, 0) is 53.6 Å². The molecule has 4 aromatic rings. The van der Waals surface area contributed by atoms with Gasteiger partial charge in [0.05, 0.1) is 23.5 Å². The van der Waals surface area contributed by atoms with Crippen molar-refractivity contribution in [1.82, 2.24) is 9.78 Å². The maximum Gasteiger partial charge on any atom is 0.255 e. The lowest BCUT2D eigenvalue weighted by molar-refractivity contribution is 0.102. The van der Waals surface area contributed by atoms with E-state index in [1.54, 1.807) is 47.4 Å². The first-order chi connectivity index (χ1) is 15.9. The molecule has 168 valence electrons. The molecular formula is C24H17BrCl2FN3O2. The van der Waals surface area contributed by atoms with Crippen LogP contribution in [0.4, 0.5) is 10.1 Å². The highest BCUT2D eigenvalue weighted by Crippen LogP contribution is 2.28. The standard InChI is InChI=1S/C24H17BrCl2FN3O2/c25-18-6-8-23(22(27)9-18)33-14-15-1-3-16(4-2-15)24(32)30-20-11-29-31(13-20)12-17-5-7-19(28)10-21(17)26/h1-11,13H,12,14H2,(H,30,32). The molecule has 0 aliphatic carbocycles. The molecule has 9 heteroatoms. The van der Waals surface area contributed by atoms with Crippen molar-refractivity contribution in [3.8, 4) is 5.75 Å². The summed E-state index contributed by atoms with van der Waals surface area (Å²) in [6.45, 7) is 0.675. The van der Waals surface area contributed by atoms with E-state index in [9.17, 15) is 9.18 Å². The van der Waals surface area contributed by atoms with Crippen LogP contribution in [0.1, 0.15) is 21.5 Å². The lowest BCUT2D eigenvalue weighted by Gasteiger charge is -2.09. The first-order valence-corrected chi connectivity index (χ1v) is 11.4. The van der Waals surface area contributed by atoms with Gasteiger partial charge in [-0.1, -0.05) is 57.3 Å². The second-order valence-corrected chi connectivity index (χ2v) is 8.91. The van der Waals surface area contributed by atoms with Gasteiger partial charge >= 0.3 is 0 Å². The van der Waals surface area contributed by atoms with Gasteiger partial charge in [-0.25, -0.2) is 4.39 Å². The minimum Gasteiger partial charge on any atom is -0.487 e. The van der Waals surface area contributed by atoms with Gasteiger partial charge in [-0.15, -0.1) is 0 Å². The number of amides is 1. The molecule has 1 heterocycles. The summed E-state index contributed by atoms with van der Waals surface area (Å²) in [6, 6.07) is 16.7. The number of hydrogen-bond donors (Lipinski definition) is 1. The van der Waals surface area contributed by atoms with Gasteiger partial charge in [0.15, 0.2) is 0 Å². The van der Waals surface area contributed by atoms with Crippen molar-refractivity contribution in [2.75, 3.05) is 5.32 Å². The zero-order chi connectivity index (χ0) is 23.4. The number of aromatic nitrogens is 2. The van der Waals surface area contributed by atoms with Gasteiger partial charge in [-0.3, -0.25) is 9.48 Å². The monoisotopic (exact) mass is 547 g/mol. The van der Waals surface area contributed by atoms with Gasteiger partial charge in [0.2, 0.25) is 0 Å². The number of carbonyl (C=O) groups excluding carboxylic acids is 1. The maximum atomic E-state index is 13.2. The SMILES string of the molecule is O=C(Nc1cnn(Cc2ccc(F)cc2Cl)c1)c1ccc(COc2ccc(Br)cc2Cl)cc1. The number of hydrogen-bond acceptors (Lipinski definition) is 3. The van der Waals surface area contributed by atoms with Crippen molar-refractivity contribution in [3.05, 3.63) is 110 Å². The van der Waals surface area contributed by atoms with Crippen LogP contribution in [0.15, 0.2) is 77.5 Å². The van der Waals surface area contributed by atoms with E-state index in [2.05, 4.69) is 26.3 Å². The van der Waals surface area contributed by atoms with Crippen LogP contribution in [0.2, 0.25) is 10.0 Å². The highest BCUT2D eigenvalue weighted by Gasteiger charge is 2.10. The van der Waals surface area contributed by atoms with Crippen LogP contribution in [-0.4, -0.2) is 15.7 Å². The summed E-state index contributed by atoms with van der Waals surface area (Å²) in [5.74, 6) is -0.0785. The molecule has 1 aromatic heterocycles. The van der Waals surface area contributed by atoms with Crippen molar-refractivity contribution >= 4 is 50.7 Å². The van der Waals surface area contributed by atoms with Crippen molar-refractivity contribution in [2.24, 2.45) is 0 Å². The molecule has 0 saturated carbocycles. The van der Waals surface area contributed by atoms with E-state index in [4.69, 9.17) is 27.9 Å². The fourth-order valence-electron chi connectivity index (χ4n) is 3.05. The van der Waals surface area contributed by atoms with E-state index in [0.717, 1.165) is 15.6 Å². The average Bonchev–Trinajstić information content (AvgIpc) is 3.22. The lowest BCUT2D eigenvalue weighted by atomic mass is 10.1. The third-order valence-electron chi connectivity index (χ3n) is 4.74. The predicted octanol–water partition coefficient (Wildman–Crippen LogP) is 6.97. The number of halogens is 4. The highest BCUT2D eigenvalue weighted by molar-refractivity contribution is 9.10. The van der Waals surface area contributed by atoms with Crippen LogP contribution >= 0.6 is 39.1 Å². The predicted molar refractivity (Wildman–Crippen MR) is 131 cm³/mol. The zero-order valence-electron chi connectivity index (χ0n) is 17.1. The first kappa shape index (κ1) is 23.3. The smallest absolute Gasteiger partial charge is 0.255 e. The van der Waals surface area contributed by atoms with Gasteiger partial charge in [0.25, 0.3) is 5.91 Å². The molecular weight excluding hydrogens is 532 g/mol. The van der Waals surface area contributed by atoms with E-state index in [-0.39, 0.29) is 5.91 Å². The van der Waals surface area contributed by atoms with E-state index in [0.29, 0.717) is 40.2 Å². The van der Waals surface area contributed by atoms with Gasteiger partial charge < -0.3 is 10.1 Å². The molecule has 0 bridgehead atoms. The molecule has 0 aliphatic rings. The number of nitrogens with one attached hydrogen (secondary N) is 1. The Hall–Kier alpha value is -2.87. The Morgan fingerprint density at radius 1 is 1.06 bits per heavy atom. The fraction of sp³-hybridized carbons (Fsp3) is 0.0833. The van der Waals surface area contributed by atoms with E-state index < -0.39 is 5.82 Å². The lowest BCUT2D eigenvalue weighted by Crippen LogP contribution is -2.11. The summed E-state index contributed by atoms with van der Waals surface area (Å²) in [4.78, 5) is 12.6. The molecule has 1 N–H and O–H groups in total. The number of carbonyl (C=O) groups is 1. The number of benzene rings is 3. The normalized spacial score (nSPS) is 10.8. The molecule has 5 nitrogen and oxygen atoms in total. The van der Waals surface area contributed by atoms with E-state index in [1.807, 2.05) is 18.2 Å². The maximum absolute atomic E-state index is 13.2. The zero-order valence-corrected chi connectivity index (χ0v) is 20.2. The van der Waals surface area contributed by atoms with Crippen LogP contribution in [0.25, 0.3) is 0 Å². The number of anilines is 1. The first-order valence-electron chi connectivity index (χ1n) is 9.82. The molecule has 0 aliphatic heterocycles. The van der Waals surface area contributed by atoms with Crippen LogP contribution in [-0.2, 0) is 13.2 Å². The third-order valence-corrected chi connectivity index (χ3v) is 5.88. The van der Waals surface area contributed by atoms with Crippen molar-refractivity contribution in [2.45, 2.75) is 13.2 Å². The molecule has 0 unspecified atom stereocenters. The Bertz CT molecular complexity index is 1300. The molecule has 0 spiro atoms. The number of nitrogens with zero attached hydrogens (tertiary/aromatic N) is 2. The molecule has 4 rings (SSSR count). The minimum absolute atomic E-state index is 0.266. The average molecular weight is 549 g/mol. The number of rotatable bonds is 7. The van der Waals surface area contributed by atoms with Crippen molar-refractivity contribution < 1.29 is 13.9 Å². The van der Waals surface area contributed by atoms with Crippen LogP contribution in [0.5, 0.6) is 5.75 Å². The summed E-state index contributed by atoms with van der Waals surface area (Å²) in [6.07, 6.45) is 3.22. The molecule has 0 atom stereocenters. The Kier molecular flexibility index (Phi) is 7.33. The summed E-state index contributed by atoms with van der Waals surface area (Å²) < 4.78 is 21.4. The second-order valence-electron chi connectivity index (χ2n) is 7.18. The van der Waals surface area contributed by atoms with Crippen LogP contribution < -0.4 is 10.1 Å². The topological polar surface area (TPSA) is 56.2 Å². The van der Waals surface area contributed by atoms with Crippen LogP contribution in [0, 0.1) is 5.82 Å². The van der Waals surface area contributed by atoms with Gasteiger partial charge in [0.1, 0.15) is 18.2 Å². The van der Waals surface area contributed by atoms with Gasteiger partial charge in [0, 0.05) is 21.3 Å². The summed E-state index contributed by atoms with van der Waals surface area (Å²) in [5.41, 5.74) is 2.65. The Balaban J connectivity index is 1.34. The molecule has 3 aromatic carbocycles. The van der Waals surface area contributed by atoms with E-state index >= 15 is 0 Å². The summed E-state index contributed by atoms with van der Waals surface area (Å²) >= 11 is 15.6. The summed E-state index contributed by atoms with van der Waals surface area (Å²) in [5, 5.41) is 7.87. The fourth-order valence-corrected chi connectivity index (χ4v) is 4.00. The Morgan fingerprint density at radius 3 is 2.58 bits per heavy atom. The van der Waals surface area contributed by atoms with Crippen LogP contribution in [0.3, 0.4) is 0 Å². The molecule has 33 heavy (non-hydrogen) atoms. The van der Waals surface area contributed by atoms with E-state index in [1.165, 1.54) is 12.1 Å². The van der Waals surface area contributed by atoms with Crippen molar-refractivity contribution in [3.63, 3.8) is 0 Å². The molecule has 0 fully saturated rings. The minimum atomic E-state index is -0.396. The Morgan fingerprint density at radius 2 is 1.85 bits per heavy atom.